The maximum Gasteiger partial charge on any atom is 0.315 e. The van der Waals surface area contributed by atoms with E-state index in [4.69, 9.17) is 4.74 Å². The van der Waals surface area contributed by atoms with Crippen LogP contribution in [0.25, 0.3) is 0 Å². The van der Waals surface area contributed by atoms with Crippen molar-refractivity contribution in [3.63, 3.8) is 0 Å². The lowest BCUT2D eigenvalue weighted by atomic mass is 9.99. The highest BCUT2D eigenvalue weighted by Crippen LogP contribution is 2.27. The Hall–Kier alpha value is -3.80. The van der Waals surface area contributed by atoms with E-state index in [2.05, 4.69) is 10.6 Å². The van der Waals surface area contributed by atoms with Crippen molar-refractivity contribution in [2.24, 2.45) is 5.92 Å². The van der Waals surface area contributed by atoms with Crippen LogP contribution in [0.15, 0.2) is 84.9 Å². The second-order valence-electron chi connectivity index (χ2n) is 8.11. The minimum Gasteiger partial charge on any atom is -0.494 e. The predicted molar refractivity (Wildman–Crippen MR) is 129 cm³/mol. The standard InChI is InChI=1S/C27H29N3O3/c1-2-33-24-15-13-23(14-16-24)30-19-20(17-25(30)31)18-28-27(32)29-26(21-9-5-3-6-10-21)22-11-7-4-8-12-22/h3-16,20,26H,2,17-19H2,1H3,(H2,28,29,32)/t20-/m1/s1. The van der Waals surface area contributed by atoms with E-state index in [-0.39, 0.29) is 23.9 Å². The van der Waals surface area contributed by atoms with Gasteiger partial charge in [-0.3, -0.25) is 4.79 Å². The van der Waals surface area contributed by atoms with Crippen LogP contribution in [0.5, 0.6) is 5.75 Å². The summed E-state index contributed by atoms with van der Waals surface area (Å²) in [5.74, 6) is 0.911. The Morgan fingerprint density at radius 1 is 0.970 bits per heavy atom. The van der Waals surface area contributed by atoms with E-state index in [0.717, 1.165) is 22.6 Å². The molecule has 0 unspecified atom stereocenters. The van der Waals surface area contributed by atoms with Crippen LogP contribution in [0.1, 0.15) is 30.5 Å². The third-order valence-corrected chi connectivity index (χ3v) is 5.76. The molecule has 4 rings (SSSR count). The van der Waals surface area contributed by atoms with Gasteiger partial charge in [-0.2, -0.15) is 0 Å². The van der Waals surface area contributed by atoms with Crippen LogP contribution in [-0.4, -0.2) is 31.6 Å². The summed E-state index contributed by atoms with van der Waals surface area (Å²) in [5.41, 5.74) is 2.87. The van der Waals surface area contributed by atoms with Gasteiger partial charge in [0, 0.05) is 31.1 Å². The first-order valence-corrected chi connectivity index (χ1v) is 11.3. The monoisotopic (exact) mass is 443 g/mol. The quantitative estimate of drug-likeness (QED) is 0.538. The molecule has 1 fully saturated rings. The minimum atomic E-state index is -0.252. The summed E-state index contributed by atoms with van der Waals surface area (Å²) in [7, 11) is 0. The van der Waals surface area contributed by atoms with Crippen LogP contribution in [0.3, 0.4) is 0 Å². The highest BCUT2D eigenvalue weighted by atomic mass is 16.5. The van der Waals surface area contributed by atoms with Crippen LogP contribution >= 0.6 is 0 Å². The summed E-state index contributed by atoms with van der Waals surface area (Å²) in [5, 5.41) is 6.05. The molecule has 33 heavy (non-hydrogen) atoms. The van der Waals surface area contributed by atoms with Crippen molar-refractivity contribution in [3.05, 3.63) is 96.1 Å². The van der Waals surface area contributed by atoms with Gasteiger partial charge in [0.15, 0.2) is 0 Å². The van der Waals surface area contributed by atoms with E-state index in [0.29, 0.717) is 26.1 Å². The number of carbonyl (C=O) groups excluding carboxylic acids is 2. The lowest BCUT2D eigenvalue weighted by Crippen LogP contribution is -2.41. The first kappa shape index (κ1) is 22.4. The molecule has 3 aromatic rings. The zero-order valence-electron chi connectivity index (χ0n) is 18.7. The van der Waals surface area contributed by atoms with Gasteiger partial charge in [-0.15, -0.1) is 0 Å². The number of amides is 3. The Morgan fingerprint density at radius 3 is 2.15 bits per heavy atom. The van der Waals surface area contributed by atoms with E-state index in [1.807, 2.05) is 91.9 Å². The van der Waals surface area contributed by atoms with E-state index in [1.54, 1.807) is 4.90 Å². The molecule has 170 valence electrons. The Balaban J connectivity index is 1.35. The van der Waals surface area contributed by atoms with Crippen molar-refractivity contribution in [1.82, 2.24) is 10.6 Å². The Morgan fingerprint density at radius 2 is 1.58 bits per heavy atom. The number of hydrogen-bond donors (Lipinski definition) is 2. The van der Waals surface area contributed by atoms with Gasteiger partial charge in [0.1, 0.15) is 5.75 Å². The first-order valence-electron chi connectivity index (χ1n) is 11.3. The number of benzene rings is 3. The summed E-state index contributed by atoms with van der Waals surface area (Å²) in [4.78, 5) is 27.1. The number of ether oxygens (including phenoxy) is 1. The Bertz CT molecular complexity index is 1020. The molecule has 0 aliphatic carbocycles. The molecule has 0 bridgehead atoms. The number of carbonyl (C=O) groups is 2. The zero-order chi connectivity index (χ0) is 23.0. The van der Waals surface area contributed by atoms with Crippen molar-refractivity contribution in [2.45, 2.75) is 19.4 Å². The van der Waals surface area contributed by atoms with E-state index >= 15 is 0 Å². The average molecular weight is 444 g/mol. The van der Waals surface area contributed by atoms with Crippen molar-refractivity contribution in [1.29, 1.82) is 0 Å². The van der Waals surface area contributed by atoms with Gasteiger partial charge in [-0.25, -0.2) is 4.79 Å². The highest BCUT2D eigenvalue weighted by Gasteiger charge is 2.31. The number of rotatable bonds is 8. The summed E-state index contributed by atoms with van der Waals surface area (Å²) in [6.45, 7) is 3.55. The fourth-order valence-electron chi connectivity index (χ4n) is 4.13. The zero-order valence-corrected chi connectivity index (χ0v) is 18.7. The van der Waals surface area contributed by atoms with Crippen LogP contribution < -0.4 is 20.3 Å². The molecule has 6 heteroatoms. The first-order chi connectivity index (χ1) is 16.1. The molecule has 3 aromatic carbocycles. The fourth-order valence-corrected chi connectivity index (χ4v) is 4.13. The Labute approximate surface area is 194 Å². The van der Waals surface area contributed by atoms with Crippen LogP contribution in [-0.2, 0) is 4.79 Å². The highest BCUT2D eigenvalue weighted by molar-refractivity contribution is 5.95. The van der Waals surface area contributed by atoms with Gasteiger partial charge in [0.2, 0.25) is 5.91 Å². The third-order valence-electron chi connectivity index (χ3n) is 5.76. The molecule has 0 spiro atoms. The van der Waals surface area contributed by atoms with E-state index < -0.39 is 0 Å². The molecule has 6 nitrogen and oxygen atoms in total. The second-order valence-corrected chi connectivity index (χ2v) is 8.11. The molecule has 0 saturated carbocycles. The SMILES string of the molecule is CCOc1ccc(N2C[C@@H](CNC(=O)NC(c3ccccc3)c3ccccc3)CC2=O)cc1. The third kappa shape index (κ3) is 5.71. The number of anilines is 1. The molecule has 0 aromatic heterocycles. The fraction of sp³-hybridized carbons (Fsp3) is 0.259. The molecule has 1 heterocycles. The molecule has 2 N–H and O–H groups in total. The summed E-state index contributed by atoms with van der Waals surface area (Å²) in [6, 6.07) is 26.8. The van der Waals surface area contributed by atoms with Crippen LogP contribution in [0.4, 0.5) is 10.5 Å². The molecule has 1 aliphatic rings. The Kier molecular flexibility index (Phi) is 7.25. The van der Waals surface area contributed by atoms with Gasteiger partial charge in [-0.05, 0) is 42.3 Å². The lowest BCUT2D eigenvalue weighted by molar-refractivity contribution is -0.117. The normalized spacial score (nSPS) is 15.5. The van der Waals surface area contributed by atoms with Crippen molar-refractivity contribution < 1.29 is 14.3 Å². The molecular formula is C27H29N3O3. The smallest absolute Gasteiger partial charge is 0.315 e. The van der Waals surface area contributed by atoms with Crippen molar-refractivity contribution in [2.75, 3.05) is 24.6 Å². The maximum atomic E-state index is 12.8. The van der Waals surface area contributed by atoms with Crippen LogP contribution in [0, 0.1) is 5.92 Å². The lowest BCUT2D eigenvalue weighted by Gasteiger charge is -2.21. The van der Waals surface area contributed by atoms with Crippen molar-refractivity contribution in [3.8, 4) is 5.75 Å². The summed E-state index contributed by atoms with van der Waals surface area (Å²) < 4.78 is 5.47. The number of nitrogens with zero attached hydrogens (tertiary/aromatic N) is 1. The largest absolute Gasteiger partial charge is 0.494 e. The number of hydrogen-bond acceptors (Lipinski definition) is 3. The maximum absolute atomic E-state index is 12.8. The molecule has 3 amide bonds. The van der Waals surface area contributed by atoms with Gasteiger partial charge >= 0.3 is 6.03 Å². The van der Waals surface area contributed by atoms with E-state index in [9.17, 15) is 9.59 Å². The van der Waals surface area contributed by atoms with Gasteiger partial charge in [0.05, 0.1) is 12.6 Å². The summed E-state index contributed by atoms with van der Waals surface area (Å²) >= 11 is 0. The molecule has 1 atom stereocenters. The van der Waals surface area contributed by atoms with Gasteiger partial charge in [-0.1, -0.05) is 60.7 Å². The summed E-state index contributed by atoms with van der Waals surface area (Å²) in [6.07, 6.45) is 0.411. The van der Waals surface area contributed by atoms with E-state index in [1.165, 1.54) is 0 Å². The van der Waals surface area contributed by atoms with Crippen LogP contribution in [0.2, 0.25) is 0 Å². The average Bonchev–Trinajstić information content (AvgIpc) is 3.23. The number of nitrogens with one attached hydrogen (secondary N) is 2. The van der Waals surface area contributed by atoms with Gasteiger partial charge < -0.3 is 20.3 Å². The van der Waals surface area contributed by atoms with Gasteiger partial charge in [0.25, 0.3) is 0 Å². The van der Waals surface area contributed by atoms with Crippen molar-refractivity contribution >= 4 is 17.6 Å². The number of urea groups is 1. The molecular weight excluding hydrogens is 414 g/mol. The second kappa shape index (κ2) is 10.7. The minimum absolute atomic E-state index is 0.0571. The topological polar surface area (TPSA) is 70.7 Å². The molecule has 1 saturated heterocycles. The molecule has 0 radical (unpaired) electrons. The molecule has 1 aliphatic heterocycles. The predicted octanol–water partition coefficient (Wildman–Crippen LogP) is 4.53.